The fourth-order valence-electron chi connectivity index (χ4n) is 3.55. The van der Waals surface area contributed by atoms with Crippen molar-refractivity contribution in [2.75, 3.05) is 20.2 Å². The van der Waals surface area contributed by atoms with Crippen molar-refractivity contribution in [3.05, 3.63) is 64.7 Å². The number of methoxy groups -OCH3 is 1. The molecule has 1 aliphatic rings. The number of piperazine rings is 1. The number of ether oxygens (including phenoxy) is 1. The molecule has 1 heterocycles. The Morgan fingerprint density at radius 1 is 1.24 bits per heavy atom. The maximum absolute atomic E-state index is 13.5. The lowest BCUT2D eigenvalue weighted by Gasteiger charge is -2.36. The molecule has 0 spiro atoms. The van der Waals surface area contributed by atoms with Crippen LogP contribution in [0.15, 0.2) is 42.5 Å². The van der Waals surface area contributed by atoms with Gasteiger partial charge >= 0.3 is 6.18 Å². The number of hydrogen-bond donors (Lipinski definition) is 1. The number of alkyl halides is 3. The number of hydrogen-bond acceptors (Lipinski definition) is 3. The summed E-state index contributed by atoms with van der Waals surface area (Å²) in [4.78, 5) is 26.8. The average molecular weight is 406 g/mol. The lowest BCUT2D eigenvalue weighted by Crippen LogP contribution is -2.53. The van der Waals surface area contributed by atoms with Gasteiger partial charge in [0.15, 0.2) is 0 Å². The number of rotatable bonds is 4. The van der Waals surface area contributed by atoms with Gasteiger partial charge in [0.05, 0.1) is 19.1 Å². The molecule has 5 nitrogen and oxygen atoms in total. The third-order valence-corrected chi connectivity index (χ3v) is 4.87. The molecule has 0 saturated carbocycles. The zero-order valence-electron chi connectivity index (χ0n) is 16.0. The van der Waals surface area contributed by atoms with E-state index in [0.29, 0.717) is 11.3 Å². The van der Waals surface area contributed by atoms with Gasteiger partial charge in [-0.15, -0.1) is 0 Å². The van der Waals surface area contributed by atoms with Gasteiger partial charge in [-0.1, -0.05) is 35.9 Å². The number of halogens is 3. The highest BCUT2D eigenvalue weighted by Crippen LogP contribution is 2.37. The van der Waals surface area contributed by atoms with Crippen LogP contribution in [0.2, 0.25) is 0 Å². The molecular formula is C21H21F3N2O3. The summed E-state index contributed by atoms with van der Waals surface area (Å²) in [6.07, 6.45) is -4.72. The topological polar surface area (TPSA) is 58.6 Å². The Balaban J connectivity index is 1.97. The third kappa shape index (κ3) is 4.36. The third-order valence-electron chi connectivity index (χ3n) is 4.87. The number of benzene rings is 2. The molecule has 1 unspecified atom stereocenters. The Labute approximate surface area is 166 Å². The van der Waals surface area contributed by atoms with Gasteiger partial charge in [0.1, 0.15) is 11.8 Å². The van der Waals surface area contributed by atoms with E-state index in [1.54, 1.807) is 12.1 Å². The number of nitrogens with one attached hydrogen (secondary N) is 1. The number of carbonyl (C=O) groups is 2. The van der Waals surface area contributed by atoms with E-state index >= 15 is 0 Å². The highest BCUT2D eigenvalue weighted by Gasteiger charge is 2.41. The lowest BCUT2D eigenvalue weighted by atomic mass is 9.95. The van der Waals surface area contributed by atoms with E-state index in [0.717, 1.165) is 11.6 Å². The zero-order chi connectivity index (χ0) is 21.2. The molecule has 1 aliphatic heterocycles. The van der Waals surface area contributed by atoms with Crippen LogP contribution >= 0.6 is 0 Å². The Morgan fingerprint density at radius 3 is 2.66 bits per heavy atom. The number of aryl methyl sites for hydroxylation is 1. The highest BCUT2D eigenvalue weighted by atomic mass is 19.4. The van der Waals surface area contributed by atoms with Crippen molar-refractivity contribution in [2.24, 2.45) is 0 Å². The molecule has 0 bridgehead atoms. The van der Waals surface area contributed by atoms with Crippen molar-refractivity contribution in [1.29, 1.82) is 0 Å². The number of carbonyl (C=O) groups excluding carboxylic acids is 2. The predicted molar refractivity (Wildman–Crippen MR) is 100 cm³/mol. The van der Waals surface area contributed by atoms with Crippen molar-refractivity contribution >= 4 is 11.8 Å². The van der Waals surface area contributed by atoms with E-state index in [1.807, 2.05) is 13.0 Å². The van der Waals surface area contributed by atoms with Crippen LogP contribution in [0.5, 0.6) is 5.75 Å². The molecule has 0 aromatic heterocycles. The summed E-state index contributed by atoms with van der Waals surface area (Å²) < 4.78 is 45.8. The second-order valence-corrected chi connectivity index (χ2v) is 6.86. The molecule has 1 fully saturated rings. The first-order valence-electron chi connectivity index (χ1n) is 9.09. The monoisotopic (exact) mass is 406 g/mol. The molecule has 0 radical (unpaired) electrons. The van der Waals surface area contributed by atoms with Gasteiger partial charge in [-0.2, -0.15) is 13.2 Å². The molecule has 29 heavy (non-hydrogen) atoms. The Bertz CT molecular complexity index is 928. The summed E-state index contributed by atoms with van der Waals surface area (Å²) in [5.41, 5.74) is 0.380. The van der Waals surface area contributed by atoms with Crippen molar-refractivity contribution in [3.63, 3.8) is 0 Å². The van der Waals surface area contributed by atoms with E-state index in [9.17, 15) is 22.8 Å². The van der Waals surface area contributed by atoms with Crippen LogP contribution in [0.1, 0.15) is 28.3 Å². The standard InChI is InChI=1S/C21H21F3N2O3/c1-13-7-8-17(29-2)14(11-13)12-18(27)26-10-9-25-20(28)19(26)15-5-3-4-6-16(15)21(22,23)24/h3-8,11,19H,9-10,12H2,1-2H3,(H,25,28). The van der Waals surface area contributed by atoms with Crippen LogP contribution in [0.3, 0.4) is 0 Å². The quantitative estimate of drug-likeness (QED) is 0.848. The minimum Gasteiger partial charge on any atom is -0.496 e. The minimum atomic E-state index is -4.64. The summed E-state index contributed by atoms with van der Waals surface area (Å²) in [7, 11) is 1.48. The lowest BCUT2D eigenvalue weighted by molar-refractivity contribution is -0.146. The van der Waals surface area contributed by atoms with E-state index in [1.165, 1.54) is 30.2 Å². The molecule has 2 aromatic carbocycles. The van der Waals surface area contributed by atoms with Gasteiger partial charge in [-0.25, -0.2) is 0 Å². The summed E-state index contributed by atoms with van der Waals surface area (Å²) in [6.45, 7) is 2.17. The molecule has 8 heteroatoms. The molecule has 0 aliphatic carbocycles. The van der Waals surface area contributed by atoms with Gasteiger partial charge in [0, 0.05) is 18.7 Å². The second-order valence-electron chi connectivity index (χ2n) is 6.86. The van der Waals surface area contributed by atoms with Crippen molar-refractivity contribution in [3.8, 4) is 5.75 Å². The van der Waals surface area contributed by atoms with Gasteiger partial charge < -0.3 is 15.0 Å². The molecule has 2 amide bonds. The molecule has 1 N–H and O–H groups in total. The van der Waals surface area contributed by atoms with Crippen LogP contribution in [0.25, 0.3) is 0 Å². The fraction of sp³-hybridized carbons (Fsp3) is 0.333. The van der Waals surface area contributed by atoms with Gasteiger partial charge in [-0.05, 0) is 24.6 Å². The van der Waals surface area contributed by atoms with Crippen LogP contribution in [-0.2, 0) is 22.2 Å². The maximum atomic E-state index is 13.5. The first-order valence-corrected chi connectivity index (χ1v) is 9.09. The number of nitrogens with zero attached hydrogens (tertiary/aromatic N) is 1. The SMILES string of the molecule is COc1ccc(C)cc1CC(=O)N1CCNC(=O)C1c1ccccc1C(F)(F)F. The normalized spacial score (nSPS) is 17.1. The van der Waals surface area contributed by atoms with Gasteiger partial charge in [0.2, 0.25) is 11.8 Å². The first-order chi connectivity index (χ1) is 13.7. The fourth-order valence-corrected chi connectivity index (χ4v) is 3.55. The zero-order valence-corrected chi connectivity index (χ0v) is 16.0. The van der Waals surface area contributed by atoms with E-state index in [-0.39, 0.29) is 25.1 Å². The maximum Gasteiger partial charge on any atom is 0.416 e. The van der Waals surface area contributed by atoms with Crippen LogP contribution in [0.4, 0.5) is 13.2 Å². The average Bonchev–Trinajstić information content (AvgIpc) is 2.67. The summed E-state index contributed by atoms with van der Waals surface area (Å²) in [6, 6.07) is 8.87. The molecule has 1 atom stereocenters. The van der Waals surface area contributed by atoms with Gasteiger partial charge in [-0.3, -0.25) is 9.59 Å². The van der Waals surface area contributed by atoms with Crippen molar-refractivity contribution in [2.45, 2.75) is 25.6 Å². The molecule has 2 aromatic rings. The summed E-state index contributed by atoms with van der Waals surface area (Å²) in [5, 5.41) is 2.56. The van der Waals surface area contributed by atoms with E-state index < -0.39 is 29.6 Å². The molecule has 1 saturated heterocycles. The summed E-state index contributed by atoms with van der Waals surface area (Å²) in [5.74, 6) is -0.555. The Hall–Kier alpha value is -3.03. The van der Waals surface area contributed by atoms with Crippen LogP contribution in [0, 0.1) is 6.92 Å². The number of amides is 2. The van der Waals surface area contributed by atoms with Crippen LogP contribution < -0.4 is 10.1 Å². The van der Waals surface area contributed by atoms with Crippen LogP contribution in [-0.4, -0.2) is 36.9 Å². The summed E-state index contributed by atoms with van der Waals surface area (Å²) >= 11 is 0. The minimum absolute atomic E-state index is 0.0805. The Morgan fingerprint density at radius 2 is 1.97 bits per heavy atom. The second kappa shape index (κ2) is 8.14. The van der Waals surface area contributed by atoms with Crippen molar-refractivity contribution < 1.29 is 27.5 Å². The predicted octanol–water partition coefficient (Wildman–Crippen LogP) is 3.26. The molecule has 154 valence electrons. The molecular weight excluding hydrogens is 385 g/mol. The largest absolute Gasteiger partial charge is 0.496 e. The smallest absolute Gasteiger partial charge is 0.416 e. The van der Waals surface area contributed by atoms with E-state index in [2.05, 4.69) is 5.32 Å². The van der Waals surface area contributed by atoms with Crippen molar-refractivity contribution in [1.82, 2.24) is 10.2 Å². The highest BCUT2D eigenvalue weighted by molar-refractivity contribution is 5.91. The molecule has 3 rings (SSSR count). The van der Waals surface area contributed by atoms with E-state index in [4.69, 9.17) is 4.74 Å². The Kier molecular flexibility index (Phi) is 5.81. The first kappa shape index (κ1) is 20.7. The van der Waals surface area contributed by atoms with Gasteiger partial charge in [0.25, 0.3) is 0 Å².